The summed E-state index contributed by atoms with van der Waals surface area (Å²) in [6, 6.07) is 4.40. The van der Waals surface area contributed by atoms with Gasteiger partial charge in [0.15, 0.2) is 5.79 Å². The second-order valence-corrected chi connectivity index (χ2v) is 7.84. The van der Waals surface area contributed by atoms with Gasteiger partial charge in [0.05, 0.1) is 13.2 Å². The van der Waals surface area contributed by atoms with Crippen molar-refractivity contribution in [2.75, 3.05) is 13.2 Å². The summed E-state index contributed by atoms with van der Waals surface area (Å²) in [4.78, 5) is 27.1. The van der Waals surface area contributed by atoms with E-state index in [-0.39, 0.29) is 18.0 Å². The minimum atomic E-state index is -0.322. The molecule has 1 spiro atoms. The van der Waals surface area contributed by atoms with Crippen molar-refractivity contribution in [2.45, 2.75) is 69.4 Å². The Morgan fingerprint density at radius 2 is 1.19 bits per heavy atom. The van der Waals surface area contributed by atoms with E-state index in [2.05, 4.69) is 19.9 Å². The predicted molar refractivity (Wildman–Crippen MR) is 109 cm³/mol. The van der Waals surface area contributed by atoms with Crippen LogP contribution in [0.4, 0.5) is 0 Å². The summed E-state index contributed by atoms with van der Waals surface area (Å²) in [7, 11) is 0. The van der Waals surface area contributed by atoms with E-state index in [0.717, 1.165) is 38.5 Å². The molecule has 166 valence electrons. The Labute approximate surface area is 181 Å². The van der Waals surface area contributed by atoms with Crippen molar-refractivity contribution in [2.24, 2.45) is 0 Å². The van der Waals surface area contributed by atoms with Crippen LogP contribution in [0.1, 0.15) is 51.4 Å². The first-order chi connectivity index (χ1) is 15.2. The average molecular weight is 428 g/mol. The molecule has 5 rings (SSSR count). The van der Waals surface area contributed by atoms with Crippen LogP contribution < -0.4 is 9.47 Å². The van der Waals surface area contributed by atoms with Crippen LogP contribution in [0.5, 0.6) is 12.0 Å². The summed E-state index contributed by atoms with van der Waals surface area (Å²) in [5.41, 5.74) is 0. The van der Waals surface area contributed by atoms with Crippen molar-refractivity contribution >= 4 is 5.78 Å². The van der Waals surface area contributed by atoms with Crippen LogP contribution in [0.25, 0.3) is 0 Å². The molecule has 2 aromatic heterocycles. The predicted octanol–water partition coefficient (Wildman–Crippen LogP) is 2.91. The Kier molecular flexibility index (Phi) is 7.37. The Balaban J connectivity index is 0.000000152. The Bertz CT molecular complexity index is 797. The third-order valence-electron chi connectivity index (χ3n) is 5.63. The lowest BCUT2D eigenvalue weighted by Crippen LogP contribution is -2.38. The normalized spacial score (nSPS) is 21.4. The van der Waals surface area contributed by atoms with Crippen LogP contribution in [0.3, 0.4) is 0 Å². The molecule has 0 atom stereocenters. The number of carbonyl (C=O) groups is 1. The van der Waals surface area contributed by atoms with Crippen molar-refractivity contribution in [3.05, 3.63) is 36.9 Å². The van der Waals surface area contributed by atoms with Gasteiger partial charge in [0.25, 0.3) is 0 Å². The first-order valence-corrected chi connectivity index (χ1v) is 10.9. The molecule has 1 saturated heterocycles. The highest BCUT2D eigenvalue weighted by atomic mass is 16.7. The average Bonchev–Trinajstić information content (AvgIpc) is 3.27. The maximum absolute atomic E-state index is 11.0. The van der Waals surface area contributed by atoms with Gasteiger partial charge in [-0.05, 0) is 37.8 Å². The number of hydrogen-bond acceptors (Lipinski definition) is 9. The minimum Gasteiger partial charge on any atom is -0.460 e. The lowest BCUT2D eigenvalue weighted by Gasteiger charge is -2.34. The van der Waals surface area contributed by atoms with Gasteiger partial charge in [0.1, 0.15) is 18.0 Å². The first-order valence-electron chi connectivity index (χ1n) is 10.9. The number of nitrogens with zero attached hydrogens (tertiary/aromatic N) is 4. The van der Waals surface area contributed by atoms with Gasteiger partial charge in [-0.1, -0.05) is 0 Å². The first kappa shape index (κ1) is 21.6. The molecular weight excluding hydrogens is 400 g/mol. The zero-order valence-electron chi connectivity index (χ0n) is 17.5. The highest BCUT2D eigenvalue weighted by molar-refractivity contribution is 5.79. The molecule has 3 heterocycles. The number of rotatable bonds is 4. The molecule has 0 radical (unpaired) electrons. The lowest BCUT2D eigenvalue weighted by molar-refractivity contribution is -0.186. The van der Waals surface area contributed by atoms with Gasteiger partial charge in [-0.3, -0.25) is 4.79 Å². The van der Waals surface area contributed by atoms with Crippen LogP contribution in [0.15, 0.2) is 36.9 Å². The van der Waals surface area contributed by atoms with Crippen molar-refractivity contribution < 1.29 is 23.7 Å². The summed E-state index contributed by atoms with van der Waals surface area (Å²) in [5.74, 6) is 0.0102. The maximum Gasteiger partial charge on any atom is 0.316 e. The topological polar surface area (TPSA) is 106 Å². The lowest BCUT2D eigenvalue weighted by atomic mass is 9.92. The van der Waals surface area contributed by atoms with Crippen LogP contribution in [0, 0.1) is 0 Å². The van der Waals surface area contributed by atoms with Gasteiger partial charge in [0.2, 0.25) is 0 Å². The fourth-order valence-corrected chi connectivity index (χ4v) is 3.96. The number of ether oxygens (including phenoxy) is 4. The fraction of sp³-hybridized carbons (Fsp3) is 0.591. The van der Waals surface area contributed by atoms with Crippen molar-refractivity contribution in [3.8, 4) is 12.0 Å². The van der Waals surface area contributed by atoms with Gasteiger partial charge in [-0.2, -0.15) is 0 Å². The molecule has 0 bridgehead atoms. The summed E-state index contributed by atoms with van der Waals surface area (Å²) in [6.07, 6.45) is 13.4. The van der Waals surface area contributed by atoms with E-state index in [1.54, 1.807) is 36.9 Å². The van der Waals surface area contributed by atoms with Crippen LogP contribution >= 0.6 is 0 Å². The maximum atomic E-state index is 11.0. The Morgan fingerprint density at radius 3 is 1.68 bits per heavy atom. The van der Waals surface area contributed by atoms with E-state index in [0.29, 0.717) is 43.9 Å². The van der Waals surface area contributed by atoms with Gasteiger partial charge < -0.3 is 18.9 Å². The molecule has 3 aliphatic rings. The van der Waals surface area contributed by atoms with E-state index in [1.165, 1.54) is 0 Å². The van der Waals surface area contributed by atoms with Gasteiger partial charge in [-0.25, -0.2) is 19.9 Å². The third kappa shape index (κ3) is 6.41. The standard InChI is InChI=1S/C12H16N2O3.C10H12N2O2/c1-6-13-11(14-7-1)17-10-2-4-12(5-3-10)15-8-9-16-12;13-8-2-4-9(5-3-8)14-10-11-6-1-7-12-10/h1,6-7,10H,2-5,8-9H2;1,6-7,9H,2-5H2. The second-order valence-electron chi connectivity index (χ2n) is 7.84. The van der Waals surface area contributed by atoms with Gasteiger partial charge >= 0.3 is 12.0 Å². The molecule has 0 aromatic carbocycles. The number of Topliss-reactive ketones (excluding diaryl/α,β-unsaturated/α-hetero) is 1. The second kappa shape index (κ2) is 10.6. The van der Waals surface area contributed by atoms with Crippen LogP contribution in [0.2, 0.25) is 0 Å². The van der Waals surface area contributed by atoms with Crippen molar-refractivity contribution in [1.82, 2.24) is 19.9 Å². The van der Waals surface area contributed by atoms with E-state index in [9.17, 15) is 4.79 Å². The molecule has 1 aliphatic heterocycles. The molecule has 31 heavy (non-hydrogen) atoms. The number of hydrogen-bond donors (Lipinski definition) is 0. The molecule has 9 nitrogen and oxygen atoms in total. The van der Waals surface area contributed by atoms with E-state index in [1.807, 2.05) is 0 Å². The van der Waals surface area contributed by atoms with Crippen LogP contribution in [-0.4, -0.2) is 56.9 Å². The summed E-state index contributed by atoms with van der Waals surface area (Å²) >= 11 is 0. The zero-order chi connectivity index (χ0) is 21.4. The molecule has 2 saturated carbocycles. The largest absolute Gasteiger partial charge is 0.460 e. The zero-order valence-corrected chi connectivity index (χ0v) is 17.5. The Hall–Kier alpha value is -2.65. The van der Waals surface area contributed by atoms with E-state index in [4.69, 9.17) is 18.9 Å². The summed E-state index contributed by atoms with van der Waals surface area (Å²) in [6.45, 7) is 1.43. The monoisotopic (exact) mass is 428 g/mol. The van der Waals surface area contributed by atoms with Gasteiger partial charge in [-0.15, -0.1) is 0 Å². The molecular formula is C22H28N4O5. The minimum absolute atomic E-state index is 0.107. The number of carbonyl (C=O) groups excluding carboxylic acids is 1. The summed E-state index contributed by atoms with van der Waals surface area (Å²) < 4.78 is 22.6. The molecule has 3 fully saturated rings. The smallest absolute Gasteiger partial charge is 0.316 e. The molecule has 0 N–H and O–H groups in total. The SMILES string of the molecule is O=C1CCC(Oc2ncccn2)CC1.c1cnc(OC2CCC3(CC2)OCCO3)nc1. The molecule has 2 aromatic rings. The van der Waals surface area contributed by atoms with Crippen molar-refractivity contribution in [3.63, 3.8) is 0 Å². The number of ketones is 1. The van der Waals surface area contributed by atoms with E-state index >= 15 is 0 Å². The fourth-order valence-electron chi connectivity index (χ4n) is 3.96. The highest BCUT2D eigenvalue weighted by Crippen LogP contribution is 2.36. The third-order valence-corrected chi connectivity index (χ3v) is 5.63. The molecule has 0 unspecified atom stereocenters. The highest BCUT2D eigenvalue weighted by Gasteiger charge is 2.41. The molecule has 9 heteroatoms. The summed E-state index contributed by atoms with van der Waals surface area (Å²) in [5, 5.41) is 0. The van der Waals surface area contributed by atoms with E-state index < -0.39 is 0 Å². The molecule has 0 amide bonds. The number of aromatic nitrogens is 4. The van der Waals surface area contributed by atoms with Gasteiger partial charge in [0, 0.05) is 50.5 Å². The molecule has 2 aliphatic carbocycles. The van der Waals surface area contributed by atoms with Crippen molar-refractivity contribution in [1.29, 1.82) is 0 Å². The quantitative estimate of drug-likeness (QED) is 0.726. The van der Waals surface area contributed by atoms with Crippen LogP contribution in [-0.2, 0) is 14.3 Å². The Morgan fingerprint density at radius 1 is 0.742 bits per heavy atom.